The molecule has 3 nitrogen and oxygen atoms in total. The fourth-order valence-corrected chi connectivity index (χ4v) is 2.20. The van der Waals surface area contributed by atoms with Crippen molar-refractivity contribution in [1.29, 1.82) is 5.26 Å². The van der Waals surface area contributed by atoms with Gasteiger partial charge in [-0.1, -0.05) is 0 Å². The Morgan fingerprint density at radius 3 is 2.88 bits per heavy atom. The maximum Gasteiger partial charge on any atom is 0.0684 e. The lowest BCUT2D eigenvalue weighted by Crippen LogP contribution is -2.38. The minimum atomic E-state index is -0.184. The van der Waals surface area contributed by atoms with Gasteiger partial charge in [-0.25, -0.2) is 0 Å². The standard InChI is InChI=1S/C13H25N3/c1-13(2,11-14)6-7-15-9-12-5-4-8-16(3)10-12/h12,15H,4-10H2,1-3H3. The number of nitrogens with zero attached hydrogens (tertiary/aromatic N) is 2. The minimum absolute atomic E-state index is 0.184. The van der Waals surface area contributed by atoms with Crippen molar-refractivity contribution in [2.24, 2.45) is 11.3 Å². The molecule has 3 heteroatoms. The van der Waals surface area contributed by atoms with Gasteiger partial charge in [0.05, 0.1) is 11.5 Å². The molecule has 1 unspecified atom stereocenters. The van der Waals surface area contributed by atoms with Crippen LogP contribution in [0, 0.1) is 22.7 Å². The largest absolute Gasteiger partial charge is 0.316 e. The zero-order chi connectivity index (χ0) is 12.0. The molecule has 0 spiro atoms. The van der Waals surface area contributed by atoms with Crippen molar-refractivity contribution in [3.05, 3.63) is 0 Å². The van der Waals surface area contributed by atoms with E-state index in [0.29, 0.717) is 0 Å². The monoisotopic (exact) mass is 223 g/mol. The summed E-state index contributed by atoms with van der Waals surface area (Å²) in [4.78, 5) is 2.41. The van der Waals surface area contributed by atoms with Crippen LogP contribution < -0.4 is 5.32 Å². The highest BCUT2D eigenvalue weighted by molar-refractivity contribution is 4.91. The lowest BCUT2D eigenvalue weighted by atomic mass is 9.91. The molecule has 1 rings (SSSR count). The number of hydrogen-bond acceptors (Lipinski definition) is 3. The van der Waals surface area contributed by atoms with Crippen LogP contribution >= 0.6 is 0 Å². The Hall–Kier alpha value is -0.590. The van der Waals surface area contributed by atoms with Crippen molar-refractivity contribution in [2.75, 3.05) is 33.2 Å². The quantitative estimate of drug-likeness (QED) is 0.723. The van der Waals surface area contributed by atoms with Crippen LogP contribution in [0.3, 0.4) is 0 Å². The van der Waals surface area contributed by atoms with Crippen molar-refractivity contribution >= 4 is 0 Å². The number of nitrogens with one attached hydrogen (secondary N) is 1. The molecule has 16 heavy (non-hydrogen) atoms. The Kier molecular flexibility index (Phi) is 5.24. The highest BCUT2D eigenvalue weighted by Gasteiger charge is 2.18. The van der Waals surface area contributed by atoms with E-state index in [1.54, 1.807) is 0 Å². The first kappa shape index (κ1) is 13.5. The molecule has 1 saturated heterocycles. The molecule has 1 atom stereocenters. The highest BCUT2D eigenvalue weighted by Crippen LogP contribution is 2.18. The van der Waals surface area contributed by atoms with Gasteiger partial charge in [0, 0.05) is 6.54 Å². The van der Waals surface area contributed by atoms with Crippen LogP contribution in [0.2, 0.25) is 0 Å². The summed E-state index contributed by atoms with van der Waals surface area (Å²) in [7, 11) is 2.20. The molecule has 0 saturated carbocycles. The number of nitriles is 1. The fraction of sp³-hybridized carbons (Fsp3) is 0.923. The first-order valence-corrected chi connectivity index (χ1v) is 6.34. The number of likely N-dealkylation sites (tertiary alicyclic amines) is 1. The van der Waals surface area contributed by atoms with E-state index in [1.165, 1.54) is 25.9 Å². The van der Waals surface area contributed by atoms with Crippen molar-refractivity contribution < 1.29 is 0 Å². The average Bonchev–Trinajstić information content (AvgIpc) is 2.25. The van der Waals surface area contributed by atoms with Crippen molar-refractivity contribution in [1.82, 2.24) is 10.2 Å². The molecule has 0 aromatic carbocycles. The third kappa shape index (κ3) is 4.96. The average molecular weight is 223 g/mol. The first-order valence-electron chi connectivity index (χ1n) is 6.34. The molecule has 1 heterocycles. The van der Waals surface area contributed by atoms with Crippen LogP contribution in [-0.4, -0.2) is 38.1 Å². The summed E-state index contributed by atoms with van der Waals surface area (Å²) in [6.07, 6.45) is 3.61. The van der Waals surface area contributed by atoms with Gasteiger partial charge in [0.25, 0.3) is 0 Å². The van der Waals surface area contributed by atoms with Crippen LogP contribution in [-0.2, 0) is 0 Å². The van der Waals surface area contributed by atoms with Gasteiger partial charge in [-0.15, -0.1) is 0 Å². The Morgan fingerprint density at radius 2 is 2.25 bits per heavy atom. The first-order chi connectivity index (χ1) is 7.53. The Labute approximate surface area is 99.8 Å². The summed E-state index contributed by atoms with van der Waals surface area (Å²) in [5.41, 5.74) is -0.184. The fourth-order valence-electron chi connectivity index (χ4n) is 2.20. The molecule has 92 valence electrons. The van der Waals surface area contributed by atoms with E-state index < -0.39 is 0 Å². The van der Waals surface area contributed by atoms with Gasteiger partial charge in [0.2, 0.25) is 0 Å². The van der Waals surface area contributed by atoms with Gasteiger partial charge in [-0.3, -0.25) is 0 Å². The smallest absolute Gasteiger partial charge is 0.0684 e. The van der Waals surface area contributed by atoms with Gasteiger partial charge < -0.3 is 10.2 Å². The molecule has 0 aromatic rings. The van der Waals surface area contributed by atoms with Gasteiger partial charge in [0.1, 0.15) is 0 Å². The lowest BCUT2D eigenvalue weighted by molar-refractivity contribution is 0.205. The van der Waals surface area contributed by atoms with E-state index in [-0.39, 0.29) is 5.41 Å². The minimum Gasteiger partial charge on any atom is -0.316 e. The van der Waals surface area contributed by atoms with Crippen molar-refractivity contribution in [2.45, 2.75) is 33.1 Å². The molecule has 1 aliphatic rings. The number of rotatable bonds is 5. The summed E-state index contributed by atoms with van der Waals surface area (Å²) in [6.45, 7) is 8.53. The van der Waals surface area contributed by atoms with Gasteiger partial charge in [-0.2, -0.15) is 5.26 Å². The molecule has 0 radical (unpaired) electrons. The van der Waals surface area contributed by atoms with E-state index in [9.17, 15) is 0 Å². The van der Waals surface area contributed by atoms with Crippen molar-refractivity contribution in [3.8, 4) is 6.07 Å². The molecule has 0 bridgehead atoms. The van der Waals surface area contributed by atoms with E-state index in [2.05, 4.69) is 23.3 Å². The molecule has 0 aliphatic carbocycles. The molecule has 0 amide bonds. The van der Waals surface area contributed by atoms with Gasteiger partial charge in [0.15, 0.2) is 0 Å². The third-order valence-electron chi connectivity index (χ3n) is 3.38. The maximum atomic E-state index is 8.89. The van der Waals surface area contributed by atoms with E-state index in [1.807, 2.05) is 13.8 Å². The van der Waals surface area contributed by atoms with Crippen LogP contribution in [0.1, 0.15) is 33.1 Å². The van der Waals surface area contributed by atoms with Gasteiger partial charge >= 0.3 is 0 Å². The van der Waals surface area contributed by atoms with Crippen molar-refractivity contribution in [3.63, 3.8) is 0 Å². The normalized spacial score (nSPS) is 23.0. The molecule has 0 aromatic heterocycles. The summed E-state index contributed by atoms with van der Waals surface area (Å²) >= 11 is 0. The van der Waals surface area contributed by atoms with Crippen LogP contribution in [0.25, 0.3) is 0 Å². The van der Waals surface area contributed by atoms with E-state index in [0.717, 1.165) is 25.4 Å². The number of piperidine rings is 1. The molecular weight excluding hydrogens is 198 g/mol. The molecule has 1 N–H and O–H groups in total. The SMILES string of the molecule is CN1CCCC(CNCCC(C)(C)C#N)C1. The van der Waals surface area contributed by atoms with E-state index >= 15 is 0 Å². The Balaban J connectivity index is 2.09. The summed E-state index contributed by atoms with van der Waals surface area (Å²) in [5.74, 6) is 0.795. The maximum absolute atomic E-state index is 8.89. The van der Waals surface area contributed by atoms with Crippen LogP contribution in [0.5, 0.6) is 0 Å². The van der Waals surface area contributed by atoms with Crippen LogP contribution in [0.4, 0.5) is 0 Å². The number of hydrogen-bond donors (Lipinski definition) is 1. The predicted octanol–water partition coefficient (Wildman–Crippen LogP) is 1.86. The second-order valence-electron chi connectivity index (χ2n) is 5.72. The molecule has 1 aliphatic heterocycles. The Bertz CT molecular complexity index is 242. The lowest BCUT2D eigenvalue weighted by Gasteiger charge is -2.30. The topological polar surface area (TPSA) is 39.1 Å². The molecule has 1 fully saturated rings. The summed E-state index contributed by atoms with van der Waals surface area (Å²) < 4.78 is 0. The predicted molar refractivity (Wildman–Crippen MR) is 67.1 cm³/mol. The second kappa shape index (κ2) is 6.22. The summed E-state index contributed by atoms with van der Waals surface area (Å²) in [5, 5.41) is 12.4. The van der Waals surface area contributed by atoms with Gasteiger partial charge in [-0.05, 0) is 65.7 Å². The molecular formula is C13H25N3. The zero-order valence-electron chi connectivity index (χ0n) is 10.9. The van der Waals surface area contributed by atoms with E-state index in [4.69, 9.17) is 5.26 Å². The summed E-state index contributed by atoms with van der Waals surface area (Å²) in [6, 6.07) is 2.34. The second-order valence-corrected chi connectivity index (χ2v) is 5.72. The Morgan fingerprint density at radius 1 is 1.50 bits per heavy atom. The van der Waals surface area contributed by atoms with Crippen LogP contribution in [0.15, 0.2) is 0 Å². The highest BCUT2D eigenvalue weighted by atomic mass is 15.1. The third-order valence-corrected chi connectivity index (χ3v) is 3.38. The zero-order valence-corrected chi connectivity index (χ0v) is 10.9.